The largest absolute Gasteiger partial charge is 0.383 e. The molecule has 1 aromatic heterocycles. The Bertz CT molecular complexity index is 250. The number of pyridine rings is 1. The number of ether oxygens (including phenoxy) is 1. The van der Waals surface area contributed by atoms with Crippen LogP contribution in [0.3, 0.4) is 0 Å². The van der Waals surface area contributed by atoms with Crippen LogP contribution in [-0.4, -0.2) is 18.7 Å². The van der Waals surface area contributed by atoms with Gasteiger partial charge in [0.2, 0.25) is 0 Å². The van der Waals surface area contributed by atoms with E-state index in [4.69, 9.17) is 10.5 Å². The fourth-order valence-electron chi connectivity index (χ4n) is 1.03. The van der Waals surface area contributed by atoms with Gasteiger partial charge in [0.1, 0.15) is 0 Å². The van der Waals surface area contributed by atoms with Crippen molar-refractivity contribution >= 4 is 0 Å². The fraction of sp³-hybridized carbons (Fsp3) is 0.444. The monoisotopic (exact) mass is 166 g/mol. The predicted molar refractivity (Wildman–Crippen MR) is 47.8 cm³/mol. The molecular weight excluding hydrogens is 152 g/mol. The first-order valence-corrected chi connectivity index (χ1v) is 3.91. The molecule has 12 heavy (non-hydrogen) atoms. The third-order valence-electron chi connectivity index (χ3n) is 1.66. The first kappa shape index (κ1) is 9.16. The van der Waals surface area contributed by atoms with Gasteiger partial charge in [-0.15, -0.1) is 0 Å². The molecule has 0 aliphatic heterocycles. The summed E-state index contributed by atoms with van der Waals surface area (Å²) in [4.78, 5) is 4.15. The molecular formula is C9H14N2O. The number of rotatable bonds is 3. The summed E-state index contributed by atoms with van der Waals surface area (Å²) >= 11 is 0. The highest BCUT2D eigenvalue weighted by atomic mass is 16.5. The highest BCUT2D eigenvalue weighted by Crippen LogP contribution is 2.08. The molecule has 1 rings (SSSR count). The minimum atomic E-state index is -0.116. The zero-order valence-electron chi connectivity index (χ0n) is 7.45. The van der Waals surface area contributed by atoms with Crippen molar-refractivity contribution in [1.82, 2.24) is 4.98 Å². The normalized spacial score (nSPS) is 12.9. The number of methoxy groups -OCH3 is 1. The number of nitrogens with zero attached hydrogens (tertiary/aromatic N) is 1. The molecule has 0 radical (unpaired) electrons. The van der Waals surface area contributed by atoms with Crippen molar-refractivity contribution in [3.63, 3.8) is 0 Å². The molecule has 0 aliphatic carbocycles. The molecule has 0 aromatic carbocycles. The molecule has 0 bridgehead atoms. The minimum Gasteiger partial charge on any atom is -0.383 e. The van der Waals surface area contributed by atoms with E-state index in [-0.39, 0.29) is 6.04 Å². The van der Waals surface area contributed by atoms with E-state index in [1.54, 1.807) is 13.3 Å². The van der Waals surface area contributed by atoms with Gasteiger partial charge < -0.3 is 10.5 Å². The lowest BCUT2D eigenvalue weighted by molar-refractivity contribution is 0.179. The van der Waals surface area contributed by atoms with Crippen LogP contribution in [0.25, 0.3) is 0 Å². The van der Waals surface area contributed by atoms with Crippen LogP contribution in [0.4, 0.5) is 0 Å². The highest BCUT2D eigenvalue weighted by Gasteiger charge is 2.05. The Hall–Kier alpha value is -0.930. The van der Waals surface area contributed by atoms with Gasteiger partial charge in [0.15, 0.2) is 0 Å². The summed E-state index contributed by atoms with van der Waals surface area (Å²) in [6.45, 7) is 2.53. The van der Waals surface area contributed by atoms with Gasteiger partial charge in [0.25, 0.3) is 0 Å². The van der Waals surface area contributed by atoms with Gasteiger partial charge in [-0.1, -0.05) is 0 Å². The maximum atomic E-state index is 5.79. The molecule has 0 saturated carbocycles. The van der Waals surface area contributed by atoms with Crippen LogP contribution in [0.15, 0.2) is 18.3 Å². The average Bonchev–Trinajstić information content (AvgIpc) is 2.05. The van der Waals surface area contributed by atoms with Crippen LogP contribution >= 0.6 is 0 Å². The topological polar surface area (TPSA) is 48.1 Å². The van der Waals surface area contributed by atoms with E-state index >= 15 is 0 Å². The summed E-state index contributed by atoms with van der Waals surface area (Å²) in [6, 6.07) is 3.81. The van der Waals surface area contributed by atoms with Gasteiger partial charge in [-0.25, -0.2) is 0 Å². The first-order valence-electron chi connectivity index (χ1n) is 3.91. The molecule has 3 nitrogen and oxygen atoms in total. The van der Waals surface area contributed by atoms with Gasteiger partial charge in [-0.3, -0.25) is 4.98 Å². The summed E-state index contributed by atoms with van der Waals surface area (Å²) < 4.78 is 4.93. The van der Waals surface area contributed by atoms with Crippen LogP contribution in [0.1, 0.15) is 17.3 Å². The summed E-state index contributed by atoms with van der Waals surface area (Å²) in [6.07, 6.45) is 1.76. The van der Waals surface area contributed by atoms with Crippen molar-refractivity contribution in [2.24, 2.45) is 5.73 Å². The number of hydrogen-bond donors (Lipinski definition) is 1. The van der Waals surface area contributed by atoms with E-state index in [1.165, 1.54) is 5.56 Å². The van der Waals surface area contributed by atoms with Crippen molar-refractivity contribution in [2.75, 3.05) is 13.7 Å². The Morgan fingerprint density at radius 3 is 3.00 bits per heavy atom. The molecule has 0 fully saturated rings. The minimum absolute atomic E-state index is 0.116. The summed E-state index contributed by atoms with van der Waals surface area (Å²) in [5.41, 5.74) is 7.85. The van der Waals surface area contributed by atoms with E-state index in [2.05, 4.69) is 4.98 Å². The second-order valence-electron chi connectivity index (χ2n) is 2.82. The van der Waals surface area contributed by atoms with Gasteiger partial charge in [0, 0.05) is 13.3 Å². The molecule has 1 unspecified atom stereocenters. The van der Waals surface area contributed by atoms with Crippen LogP contribution in [0.5, 0.6) is 0 Å². The van der Waals surface area contributed by atoms with Crippen LogP contribution in [-0.2, 0) is 4.74 Å². The van der Waals surface area contributed by atoms with Crippen molar-refractivity contribution in [3.05, 3.63) is 29.6 Å². The van der Waals surface area contributed by atoms with Crippen LogP contribution in [0, 0.1) is 6.92 Å². The van der Waals surface area contributed by atoms with Crippen molar-refractivity contribution in [2.45, 2.75) is 13.0 Å². The summed E-state index contributed by atoms with van der Waals surface area (Å²) in [5.74, 6) is 0. The second-order valence-corrected chi connectivity index (χ2v) is 2.82. The molecule has 1 atom stereocenters. The molecule has 2 N–H and O–H groups in total. The van der Waals surface area contributed by atoms with E-state index < -0.39 is 0 Å². The quantitative estimate of drug-likeness (QED) is 0.729. The average molecular weight is 166 g/mol. The smallest absolute Gasteiger partial charge is 0.0707 e. The molecule has 0 amide bonds. The zero-order chi connectivity index (χ0) is 8.97. The first-order chi connectivity index (χ1) is 5.74. The maximum absolute atomic E-state index is 5.79. The van der Waals surface area contributed by atoms with E-state index in [1.807, 2.05) is 19.1 Å². The number of nitrogens with two attached hydrogens (primary N) is 1. The third-order valence-corrected chi connectivity index (χ3v) is 1.66. The summed E-state index contributed by atoms with van der Waals surface area (Å²) in [5, 5.41) is 0. The van der Waals surface area contributed by atoms with Gasteiger partial charge >= 0.3 is 0 Å². The van der Waals surface area contributed by atoms with Crippen LogP contribution in [0.2, 0.25) is 0 Å². The number of hydrogen-bond acceptors (Lipinski definition) is 3. The predicted octanol–water partition coefficient (Wildman–Crippen LogP) is 1.04. The Morgan fingerprint density at radius 2 is 2.42 bits per heavy atom. The zero-order valence-corrected chi connectivity index (χ0v) is 7.45. The lowest BCUT2D eigenvalue weighted by Crippen LogP contribution is -2.17. The molecule has 0 spiro atoms. The molecule has 0 saturated heterocycles. The lowest BCUT2D eigenvalue weighted by Gasteiger charge is -2.09. The summed E-state index contributed by atoms with van der Waals surface area (Å²) in [7, 11) is 1.63. The van der Waals surface area contributed by atoms with E-state index in [0.717, 1.165) is 5.69 Å². The highest BCUT2D eigenvalue weighted by molar-refractivity contribution is 5.16. The molecule has 1 heterocycles. The Morgan fingerprint density at radius 1 is 1.67 bits per heavy atom. The van der Waals surface area contributed by atoms with Crippen molar-refractivity contribution < 1.29 is 4.74 Å². The van der Waals surface area contributed by atoms with Crippen molar-refractivity contribution in [3.8, 4) is 0 Å². The Labute approximate surface area is 72.6 Å². The van der Waals surface area contributed by atoms with Gasteiger partial charge in [-0.2, -0.15) is 0 Å². The Kier molecular flexibility index (Phi) is 3.19. The SMILES string of the molecule is COCC(N)c1cc(C)ccn1. The standard InChI is InChI=1S/C9H14N2O/c1-7-3-4-11-9(5-7)8(10)6-12-2/h3-5,8H,6,10H2,1-2H3. The second kappa shape index (κ2) is 4.18. The van der Waals surface area contributed by atoms with Crippen molar-refractivity contribution in [1.29, 1.82) is 0 Å². The third kappa shape index (κ3) is 2.29. The number of aromatic nitrogens is 1. The fourth-order valence-corrected chi connectivity index (χ4v) is 1.03. The number of aryl methyl sites for hydroxylation is 1. The maximum Gasteiger partial charge on any atom is 0.0707 e. The Balaban J connectivity index is 2.73. The molecule has 3 heteroatoms. The van der Waals surface area contributed by atoms with Gasteiger partial charge in [-0.05, 0) is 24.6 Å². The van der Waals surface area contributed by atoms with Crippen LogP contribution < -0.4 is 5.73 Å². The molecule has 1 aromatic rings. The van der Waals surface area contributed by atoms with E-state index in [9.17, 15) is 0 Å². The van der Waals surface area contributed by atoms with Gasteiger partial charge in [0.05, 0.1) is 18.3 Å². The molecule has 66 valence electrons. The van der Waals surface area contributed by atoms with E-state index in [0.29, 0.717) is 6.61 Å². The molecule has 0 aliphatic rings. The lowest BCUT2D eigenvalue weighted by atomic mass is 10.1.